The lowest BCUT2D eigenvalue weighted by Crippen LogP contribution is -2.33. The Morgan fingerprint density at radius 1 is 1.50 bits per heavy atom. The van der Waals surface area contributed by atoms with Crippen molar-refractivity contribution in [3.63, 3.8) is 0 Å². The summed E-state index contributed by atoms with van der Waals surface area (Å²) < 4.78 is 0. The van der Waals surface area contributed by atoms with E-state index in [1.54, 1.807) is 23.9 Å². The number of carbonyl (C=O) groups excluding carboxylic acids is 1. The number of rotatable bonds is 4. The van der Waals surface area contributed by atoms with Crippen LogP contribution in [0, 0.1) is 11.3 Å². The predicted octanol–water partition coefficient (Wildman–Crippen LogP) is 2.44. The van der Waals surface area contributed by atoms with E-state index in [0.717, 1.165) is 4.90 Å². The number of benzene rings is 1. The first-order valence-electron chi connectivity index (χ1n) is 5.05. The monoisotopic (exact) mass is 234 g/mol. The third-order valence-corrected chi connectivity index (χ3v) is 2.97. The van der Waals surface area contributed by atoms with Crippen LogP contribution in [0.1, 0.15) is 23.7 Å². The standard InChI is InChI=1S/C12H14N2OS/c1-3-10(8-13)14-12(15)9-4-6-11(16-2)7-5-9/h4-7,10H,3H2,1-2H3,(H,14,15). The van der Waals surface area contributed by atoms with Crippen molar-refractivity contribution in [3.8, 4) is 6.07 Å². The van der Waals surface area contributed by atoms with Gasteiger partial charge in [-0.1, -0.05) is 6.92 Å². The van der Waals surface area contributed by atoms with Crippen molar-refractivity contribution in [3.05, 3.63) is 29.8 Å². The maximum atomic E-state index is 11.7. The van der Waals surface area contributed by atoms with E-state index in [4.69, 9.17) is 5.26 Å². The third kappa shape index (κ3) is 3.28. The van der Waals surface area contributed by atoms with E-state index in [1.165, 1.54) is 0 Å². The van der Waals surface area contributed by atoms with E-state index in [-0.39, 0.29) is 5.91 Å². The molecule has 1 unspecified atom stereocenters. The zero-order valence-corrected chi connectivity index (χ0v) is 10.2. The smallest absolute Gasteiger partial charge is 0.252 e. The Balaban J connectivity index is 2.70. The van der Waals surface area contributed by atoms with E-state index in [0.29, 0.717) is 12.0 Å². The number of hydrogen-bond acceptors (Lipinski definition) is 3. The topological polar surface area (TPSA) is 52.9 Å². The third-order valence-electron chi connectivity index (χ3n) is 2.22. The molecule has 0 aliphatic rings. The molecule has 0 aliphatic heterocycles. The van der Waals surface area contributed by atoms with Gasteiger partial charge in [-0.15, -0.1) is 11.8 Å². The quantitative estimate of drug-likeness (QED) is 0.814. The molecule has 0 saturated heterocycles. The van der Waals surface area contributed by atoms with Crippen molar-refractivity contribution in [1.82, 2.24) is 5.32 Å². The first-order chi connectivity index (χ1) is 7.71. The SMILES string of the molecule is CCC(C#N)NC(=O)c1ccc(SC)cc1. The summed E-state index contributed by atoms with van der Waals surface area (Å²) in [6, 6.07) is 8.96. The highest BCUT2D eigenvalue weighted by Crippen LogP contribution is 2.14. The number of hydrogen-bond donors (Lipinski definition) is 1. The first-order valence-corrected chi connectivity index (χ1v) is 6.28. The zero-order valence-electron chi connectivity index (χ0n) is 9.36. The van der Waals surface area contributed by atoms with Gasteiger partial charge in [0.25, 0.3) is 5.91 Å². The van der Waals surface area contributed by atoms with Gasteiger partial charge < -0.3 is 5.32 Å². The van der Waals surface area contributed by atoms with Gasteiger partial charge in [0, 0.05) is 10.5 Å². The van der Waals surface area contributed by atoms with Crippen LogP contribution in [0.15, 0.2) is 29.2 Å². The molecule has 0 fully saturated rings. The van der Waals surface area contributed by atoms with Crippen LogP contribution in [0.2, 0.25) is 0 Å². The van der Waals surface area contributed by atoms with E-state index >= 15 is 0 Å². The fourth-order valence-electron chi connectivity index (χ4n) is 1.21. The van der Waals surface area contributed by atoms with Crippen molar-refractivity contribution < 1.29 is 4.79 Å². The van der Waals surface area contributed by atoms with Crippen LogP contribution in [-0.4, -0.2) is 18.2 Å². The van der Waals surface area contributed by atoms with Gasteiger partial charge in [0.05, 0.1) is 6.07 Å². The largest absolute Gasteiger partial charge is 0.336 e. The van der Waals surface area contributed by atoms with Crippen LogP contribution in [0.3, 0.4) is 0 Å². The number of nitrogens with zero attached hydrogens (tertiary/aromatic N) is 1. The summed E-state index contributed by atoms with van der Waals surface area (Å²) in [4.78, 5) is 12.8. The van der Waals surface area contributed by atoms with Crippen LogP contribution < -0.4 is 5.32 Å². The van der Waals surface area contributed by atoms with Crippen molar-refractivity contribution in [2.75, 3.05) is 6.26 Å². The fourth-order valence-corrected chi connectivity index (χ4v) is 1.62. The average Bonchev–Trinajstić information content (AvgIpc) is 2.35. The Bertz CT molecular complexity index is 394. The highest BCUT2D eigenvalue weighted by Gasteiger charge is 2.10. The molecule has 84 valence electrons. The van der Waals surface area contributed by atoms with Crippen LogP contribution in [-0.2, 0) is 0 Å². The Hall–Kier alpha value is -1.47. The minimum absolute atomic E-state index is 0.193. The second-order valence-corrected chi connectivity index (χ2v) is 4.17. The van der Waals surface area contributed by atoms with Gasteiger partial charge in [-0.25, -0.2) is 0 Å². The van der Waals surface area contributed by atoms with E-state index < -0.39 is 6.04 Å². The molecule has 0 bridgehead atoms. The van der Waals surface area contributed by atoms with Crippen LogP contribution in [0.25, 0.3) is 0 Å². The summed E-state index contributed by atoms with van der Waals surface area (Å²) in [7, 11) is 0. The second kappa shape index (κ2) is 6.19. The van der Waals surface area contributed by atoms with Crippen LogP contribution >= 0.6 is 11.8 Å². The molecule has 1 amide bonds. The Morgan fingerprint density at radius 3 is 2.56 bits per heavy atom. The van der Waals surface area contributed by atoms with Gasteiger partial charge in [0.15, 0.2) is 0 Å². The van der Waals surface area contributed by atoms with Gasteiger partial charge in [0.1, 0.15) is 6.04 Å². The Labute approximate surface area is 99.8 Å². The number of amides is 1. The molecule has 4 heteroatoms. The summed E-state index contributed by atoms with van der Waals surface area (Å²) >= 11 is 1.63. The summed E-state index contributed by atoms with van der Waals surface area (Å²) in [5, 5.41) is 11.4. The van der Waals surface area contributed by atoms with Crippen LogP contribution in [0.4, 0.5) is 0 Å². The molecule has 0 spiro atoms. The van der Waals surface area contributed by atoms with E-state index in [9.17, 15) is 4.79 Å². The molecular weight excluding hydrogens is 220 g/mol. The maximum Gasteiger partial charge on any atom is 0.252 e. The summed E-state index contributed by atoms with van der Waals surface area (Å²) in [5.74, 6) is -0.193. The van der Waals surface area contributed by atoms with Crippen LogP contribution in [0.5, 0.6) is 0 Å². The fraction of sp³-hybridized carbons (Fsp3) is 0.333. The Morgan fingerprint density at radius 2 is 2.12 bits per heavy atom. The zero-order chi connectivity index (χ0) is 12.0. The molecule has 16 heavy (non-hydrogen) atoms. The molecule has 0 aliphatic carbocycles. The normalized spacial score (nSPS) is 11.6. The molecule has 3 nitrogen and oxygen atoms in total. The molecular formula is C12H14N2OS. The number of nitriles is 1. The van der Waals surface area contributed by atoms with Crippen molar-refractivity contribution >= 4 is 17.7 Å². The minimum Gasteiger partial charge on any atom is -0.336 e. The maximum absolute atomic E-state index is 11.7. The number of nitrogens with one attached hydrogen (secondary N) is 1. The van der Waals surface area contributed by atoms with E-state index in [2.05, 4.69) is 5.32 Å². The molecule has 0 heterocycles. The van der Waals surface area contributed by atoms with Gasteiger partial charge in [0.2, 0.25) is 0 Å². The summed E-state index contributed by atoms with van der Waals surface area (Å²) in [6.45, 7) is 1.87. The minimum atomic E-state index is -0.410. The second-order valence-electron chi connectivity index (χ2n) is 3.29. The highest BCUT2D eigenvalue weighted by atomic mass is 32.2. The highest BCUT2D eigenvalue weighted by molar-refractivity contribution is 7.98. The van der Waals surface area contributed by atoms with Crippen molar-refractivity contribution in [1.29, 1.82) is 5.26 Å². The van der Waals surface area contributed by atoms with Crippen molar-refractivity contribution in [2.45, 2.75) is 24.3 Å². The van der Waals surface area contributed by atoms with Gasteiger partial charge in [-0.3, -0.25) is 4.79 Å². The lowest BCUT2D eigenvalue weighted by molar-refractivity contribution is 0.0944. The Kier molecular flexibility index (Phi) is 4.87. The first kappa shape index (κ1) is 12.6. The molecule has 0 saturated carbocycles. The molecule has 0 radical (unpaired) electrons. The number of carbonyl (C=O) groups is 1. The molecule has 1 N–H and O–H groups in total. The lowest BCUT2D eigenvalue weighted by Gasteiger charge is -2.09. The van der Waals surface area contributed by atoms with Gasteiger partial charge >= 0.3 is 0 Å². The van der Waals surface area contributed by atoms with E-state index in [1.807, 2.05) is 31.4 Å². The molecule has 0 aromatic heterocycles. The molecule has 1 rings (SSSR count). The molecule has 1 aromatic rings. The number of thioether (sulfide) groups is 1. The average molecular weight is 234 g/mol. The van der Waals surface area contributed by atoms with Crippen molar-refractivity contribution in [2.24, 2.45) is 0 Å². The lowest BCUT2D eigenvalue weighted by atomic mass is 10.2. The predicted molar refractivity (Wildman–Crippen MR) is 65.4 cm³/mol. The van der Waals surface area contributed by atoms with Gasteiger partial charge in [-0.2, -0.15) is 5.26 Å². The summed E-state index contributed by atoms with van der Waals surface area (Å²) in [5.41, 5.74) is 0.589. The summed E-state index contributed by atoms with van der Waals surface area (Å²) in [6.07, 6.45) is 2.60. The molecule has 1 aromatic carbocycles. The van der Waals surface area contributed by atoms with Gasteiger partial charge in [-0.05, 0) is 36.9 Å². The molecule has 1 atom stereocenters.